The number of hydrogen-bond acceptors (Lipinski definition) is 3. The quantitative estimate of drug-likeness (QED) is 0.145. The lowest BCUT2D eigenvalue weighted by Crippen LogP contribution is -2.19. The van der Waals surface area contributed by atoms with Crippen LogP contribution < -0.4 is 5.32 Å². The van der Waals surface area contributed by atoms with Gasteiger partial charge in [0.05, 0.1) is 21.5 Å². The Balaban J connectivity index is 1.56. The molecule has 1 aliphatic carbocycles. The summed E-state index contributed by atoms with van der Waals surface area (Å²) in [5, 5.41) is 2.73. The molecule has 3 aromatic carbocycles. The molecule has 1 amide bonds. The maximum atomic E-state index is 14.8. The van der Waals surface area contributed by atoms with Gasteiger partial charge < -0.3 is 5.32 Å². The van der Waals surface area contributed by atoms with Crippen molar-refractivity contribution < 1.29 is 40.7 Å². The van der Waals surface area contributed by atoms with Gasteiger partial charge >= 0.3 is 0 Å². The Kier molecular flexibility index (Phi) is 8.99. The Morgan fingerprint density at radius 1 is 0.854 bits per heavy atom. The predicted octanol–water partition coefficient (Wildman–Crippen LogP) is 7.88. The average molecular weight is 657 g/mol. The molecule has 0 radical (unpaired) electrons. The van der Waals surface area contributed by atoms with Crippen LogP contribution in [0.3, 0.4) is 0 Å². The van der Waals surface area contributed by atoms with Gasteiger partial charge in [-0.25, -0.2) is 26.3 Å². The highest BCUT2D eigenvalue weighted by Crippen LogP contribution is 2.65. The van der Waals surface area contributed by atoms with Crippen LogP contribution in [0.2, 0.25) is 10.0 Å². The lowest BCUT2D eigenvalue weighted by atomic mass is 9.97. The fraction of sp³-hybridized carbons (Fsp3) is 0.222. The number of ketones is 2. The smallest absolute Gasteiger partial charge is 0.296 e. The zero-order valence-electron chi connectivity index (χ0n) is 20.2. The van der Waals surface area contributed by atoms with Gasteiger partial charge in [-0.15, -0.1) is 23.2 Å². The molecule has 0 aliphatic heterocycles. The van der Waals surface area contributed by atoms with E-state index in [4.69, 9.17) is 46.4 Å². The highest BCUT2D eigenvalue weighted by Gasteiger charge is 2.67. The number of anilines is 1. The predicted molar refractivity (Wildman–Crippen MR) is 141 cm³/mol. The molecule has 0 bridgehead atoms. The highest BCUT2D eigenvalue weighted by molar-refractivity contribution is 6.53. The van der Waals surface area contributed by atoms with Crippen molar-refractivity contribution in [3.05, 3.63) is 98.0 Å². The van der Waals surface area contributed by atoms with Gasteiger partial charge in [0, 0.05) is 36.1 Å². The number of amides is 1. The van der Waals surface area contributed by atoms with Crippen LogP contribution in [0, 0.1) is 29.2 Å². The van der Waals surface area contributed by atoms with E-state index in [1.807, 2.05) is 0 Å². The minimum absolute atomic E-state index is 0.183. The molecule has 3 aromatic rings. The van der Waals surface area contributed by atoms with Crippen LogP contribution in [0.4, 0.5) is 32.0 Å². The van der Waals surface area contributed by atoms with Gasteiger partial charge in [0.25, 0.3) is 6.43 Å². The van der Waals surface area contributed by atoms with Crippen molar-refractivity contribution in [1.82, 2.24) is 0 Å². The molecule has 0 unspecified atom stereocenters. The van der Waals surface area contributed by atoms with Gasteiger partial charge in [-0.1, -0.05) is 35.3 Å². The second-order valence-electron chi connectivity index (χ2n) is 9.16. The molecule has 4 nitrogen and oxygen atoms in total. The topological polar surface area (TPSA) is 63.2 Å². The summed E-state index contributed by atoms with van der Waals surface area (Å²) >= 11 is 24.5. The van der Waals surface area contributed by atoms with Crippen LogP contribution in [0.5, 0.6) is 0 Å². The van der Waals surface area contributed by atoms with E-state index in [2.05, 4.69) is 5.32 Å². The molecule has 1 aliphatic rings. The summed E-state index contributed by atoms with van der Waals surface area (Å²) in [6.45, 7) is 0. The van der Waals surface area contributed by atoms with E-state index in [0.717, 1.165) is 12.1 Å². The molecular formula is C27H15Cl4F6NO3. The number of hydrogen-bond donors (Lipinski definition) is 1. The number of carbonyl (C=O) groups excluding carboxylic acids is 3. The summed E-state index contributed by atoms with van der Waals surface area (Å²) in [6.07, 6.45) is -5.64. The summed E-state index contributed by atoms with van der Waals surface area (Å²) in [5.74, 6) is -11.6. The molecule has 14 heteroatoms. The number of Topliss-reactive ketones (excluding diaryl/α,β-unsaturated/α-hetero) is 2. The SMILES string of the molecule is O=C(Cc1c(F)ccc(CC(=O)C(F)F)c1F)c1cc(NC(=O)[C@H]2[C@H](c3ccc(Cl)c(Cl)c3)C2(Cl)Cl)cc(F)c1F. The van der Waals surface area contributed by atoms with Crippen LogP contribution in [0.25, 0.3) is 0 Å². The van der Waals surface area contributed by atoms with Crippen molar-refractivity contribution in [2.75, 3.05) is 5.32 Å². The fourth-order valence-corrected chi connectivity index (χ4v) is 5.46. The summed E-state index contributed by atoms with van der Waals surface area (Å²) in [6, 6.07) is 7.22. The number of carbonyl (C=O) groups is 3. The van der Waals surface area contributed by atoms with Crippen LogP contribution in [-0.4, -0.2) is 28.2 Å². The monoisotopic (exact) mass is 655 g/mol. The molecule has 4 rings (SSSR count). The Labute approximate surface area is 248 Å². The van der Waals surface area contributed by atoms with Crippen molar-refractivity contribution in [2.45, 2.75) is 29.5 Å². The molecule has 0 saturated heterocycles. The lowest BCUT2D eigenvalue weighted by Gasteiger charge is -2.12. The van der Waals surface area contributed by atoms with Gasteiger partial charge in [-0.2, -0.15) is 0 Å². The summed E-state index contributed by atoms with van der Waals surface area (Å²) in [5.41, 5.74) is -2.43. The summed E-state index contributed by atoms with van der Waals surface area (Å²) in [4.78, 5) is 37.1. The molecule has 216 valence electrons. The van der Waals surface area contributed by atoms with Crippen LogP contribution in [0.15, 0.2) is 42.5 Å². The zero-order valence-corrected chi connectivity index (χ0v) is 23.2. The van der Waals surface area contributed by atoms with Crippen molar-refractivity contribution >= 4 is 69.6 Å². The Morgan fingerprint density at radius 2 is 1.54 bits per heavy atom. The average Bonchev–Trinajstić information content (AvgIpc) is 3.48. The van der Waals surface area contributed by atoms with Gasteiger partial charge in [-0.3, -0.25) is 14.4 Å². The van der Waals surface area contributed by atoms with Gasteiger partial charge in [0.1, 0.15) is 16.0 Å². The standard InChI is InChI=1S/C27H15Cl4F6NO3/c28-15-3-1-10(5-16(15)29)21-22(27(21,30)31)26(41)38-12-7-14(24(35)18(33)8-12)19(39)9-13-17(32)4-2-11(23(13)34)6-20(40)25(36)37/h1-5,7-8,21-22,25H,6,9H2,(H,38,41)/t21-,22+/m0/s1. The molecule has 0 aromatic heterocycles. The van der Waals surface area contributed by atoms with Crippen molar-refractivity contribution in [3.63, 3.8) is 0 Å². The lowest BCUT2D eigenvalue weighted by molar-refractivity contribution is -0.128. The van der Waals surface area contributed by atoms with Crippen LogP contribution >= 0.6 is 46.4 Å². The molecule has 1 fully saturated rings. The van der Waals surface area contributed by atoms with E-state index in [0.29, 0.717) is 17.7 Å². The van der Waals surface area contributed by atoms with Gasteiger partial charge in [0.15, 0.2) is 17.4 Å². The first-order valence-corrected chi connectivity index (χ1v) is 13.1. The molecule has 1 N–H and O–H groups in total. The summed E-state index contributed by atoms with van der Waals surface area (Å²) < 4.78 is 81.7. The Bertz CT molecular complexity index is 1580. The maximum absolute atomic E-state index is 14.8. The van der Waals surface area contributed by atoms with E-state index >= 15 is 0 Å². The van der Waals surface area contributed by atoms with Gasteiger partial charge in [-0.05, 0) is 35.4 Å². The van der Waals surface area contributed by atoms with Crippen molar-refractivity contribution in [3.8, 4) is 0 Å². The molecule has 41 heavy (non-hydrogen) atoms. The van der Waals surface area contributed by atoms with Gasteiger partial charge in [0.2, 0.25) is 11.7 Å². The third-order valence-electron chi connectivity index (χ3n) is 6.45. The third kappa shape index (κ3) is 6.35. The van der Waals surface area contributed by atoms with E-state index in [1.54, 1.807) is 6.07 Å². The van der Waals surface area contributed by atoms with E-state index in [-0.39, 0.29) is 10.0 Å². The van der Waals surface area contributed by atoms with Crippen LogP contribution in [0.1, 0.15) is 33.0 Å². The molecule has 0 spiro atoms. The number of rotatable bonds is 9. The van der Waals surface area contributed by atoms with Crippen molar-refractivity contribution in [1.29, 1.82) is 0 Å². The molecular weight excluding hydrogens is 642 g/mol. The Hall–Kier alpha value is -2.79. The number of alkyl halides is 4. The second-order valence-corrected chi connectivity index (χ2v) is 11.4. The normalized spacial score (nSPS) is 17.4. The zero-order chi connectivity index (χ0) is 30.4. The Morgan fingerprint density at radius 3 is 2.17 bits per heavy atom. The second kappa shape index (κ2) is 11.8. The molecule has 0 heterocycles. The number of nitrogens with one attached hydrogen (secondary N) is 1. The molecule has 1 saturated carbocycles. The maximum Gasteiger partial charge on any atom is 0.296 e. The molecule has 2 atom stereocenters. The number of halogens is 10. The van der Waals surface area contributed by atoms with E-state index in [1.165, 1.54) is 12.1 Å². The largest absolute Gasteiger partial charge is 0.326 e. The third-order valence-corrected chi connectivity index (χ3v) is 8.13. The first-order chi connectivity index (χ1) is 19.1. The minimum Gasteiger partial charge on any atom is -0.326 e. The summed E-state index contributed by atoms with van der Waals surface area (Å²) in [7, 11) is 0. The van der Waals surface area contributed by atoms with Crippen LogP contribution in [-0.2, 0) is 22.4 Å². The highest BCUT2D eigenvalue weighted by atomic mass is 35.5. The first-order valence-electron chi connectivity index (χ1n) is 11.6. The van der Waals surface area contributed by atoms with Crippen molar-refractivity contribution in [2.24, 2.45) is 5.92 Å². The minimum atomic E-state index is -3.41. The number of benzene rings is 3. The van der Waals surface area contributed by atoms with E-state index in [9.17, 15) is 40.7 Å². The fourth-order valence-electron chi connectivity index (χ4n) is 4.32. The van der Waals surface area contributed by atoms with E-state index < -0.39 is 98.6 Å². The first kappa shape index (κ1) is 31.2.